The number of pyridine rings is 1. The molecule has 1 aliphatic heterocycles. The first kappa shape index (κ1) is 16.0. The number of carbonyl (C=O) groups is 1. The molecule has 1 aromatic carbocycles. The molecule has 23 heavy (non-hydrogen) atoms. The van der Waals surface area contributed by atoms with E-state index in [2.05, 4.69) is 16.0 Å². The Morgan fingerprint density at radius 1 is 1.09 bits per heavy atom. The summed E-state index contributed by atoms with van der Waals surface area (Å²) in [6.45, 7) is 5.55. The van der Waals surface area contributed by atoms with Gasteiger partial charge >= 0.3 is 0 Å². The highest BCUT2D eigenvalue weighted by Gasteiger charge is 2.23. The Morgan fingerprint density at radius 3 is 2.57 bits per heavy atom. The molecular formula is C18H20ClN3O. The second kappa shape index (κ2) is 7.11. The van der Waals surface area contributed by atoms with Crippen LogP contribution in [0.15, 0.2) is 42.7 Å². The molecule has 1 aromatic heterocycles. The van der Waals surface area contributed by atoms with Crippen LogP contribution in [0.4, 0.5) is 0 Å². The van der Waals surface area contributed by atoms with E-state index in [-0.39, 0.29) is 5.91 Å². The van der Waals surface area contributed by atoms with Crippen molar-refractivity contribution >= 4 is 17.5 Å². The van der Waals surface area contributed by atoms with Crippen LogP contribution >= 0.6 is 11.6 Å². The fraction of sp³-hybridized carbons (Fsp3) is 0.333. The Bertz CT molecular complexity index is 687. The zero-order valence-electron chi connectivity index (χ0n) is 13.2. The minimum absolute atomic E-state index is 0.173. The lowest BCUT2D eigenvalue weighted by atomic mass is 10.1. The van der Waals surface area contributed by atoms with Crippen LogP contribution in [0.2, 0.25) is 5.02 Å². The van der Waals surface area contributed by atoms with Crippen molar-refractivity contribution in [3.8, 4) is 0 Å². The fourth-order valence-corrected chi connectivity index (χ4v) is 2.96. The van der Waals surface area contributed by atoms with Gasteiger partial charge in [-0.25, -0.2) is 0 Å². The maximum Gasteiger partial charge on any atom is 0.237 e. The van der Waals surface area contributed by atoms with Crippen molar-refractivity contribution in [3.05, 3.63) is 64.4 Å². The summed E-state index contributed by atoms with van der Waals surface area (Å²) in [5, 5.41) is 0.719. The highest BCUT2D eigenvalue weighted by Crippen LogP contribution is 2.15. The Balaban J connectivity index is 1.57. The number of carbonyl (C=O) groups excluding carboxylic acids is 1. The van der Waals surface area contributed by atoms with Crippen LogP contribution < -0.4 is 0 Å². The lowest BCUT2D eigenvalue weighted by Gasteiger charge is -2.34. The van der Waals surface area contributed by atoms with E-state index in [1.807, 2.05) is 48.5 Å². The van der Waals surface area contributed by atoms with Crippen LogP contribution in [-0.4, -0.2) is 40.3 Å². The Morgan fingerprint density at radius 2 is 1.87 bits per heavy atom. The van der Waals surface area contributed by atoms with Crippen molar-refractivity contribution < 1.29 is 4.79 Å². The highest BCUT2D eigenvalue weighted by molar-refractivity contribution is 6.30. The van der Waals surface area contributed by atoms with Gasteiger partial charge in [0.05, 0.1) is 6.54 Å². The van der Waals surface area contributed by atoms with E-state index in [4.69, 9.17) is 11.6 Å². The molecule has 0 radical (unpaired) electrons. The van der Waals surface area contributed by atoms with Crippen LogP contribution in [-0.2, 0) is 17.9 Å². The highest BCUT2D eigenvalue weighted by atomic mass is 35.5. The van der Waals surface area contributed by atoms with Crippen molar-refractivity contribution in [2.24, 2.45) is 0 Å². The number of rotatable bonds is 4. The molecule has 1 fully saturated rings. The van der Waals surface area contributed by atoms with E-state index < -0.39 is 0 Å². The molecule has 3 rings (SSSR count). The number of benzene rings is 1. The van der Waals surface area contributed by atoms with Gasteiger partial charge in [0.25, 0.3) is 0 Å². The van der Waals surface area contributed by atoms with Crippen LogP contribution in [0.3, 0.4) is 0 Å². The molecular weight excluding hydrogens is 310 g/mol. The molecule has 120 valence electrons. The molecule has 1 saturated heterocycles. The van der Waals surface area contributed by atoms with Crippen molar-refractivity contribution in [3.63, 3.8) is 0 Å². The number of halogens is 1. The van der Waals surface area contributed by atoms with Crippen LogP contribution in [0.25, 0.3) is 0 Å². The standard InChI is InChI=1S/C18H20ClN3O/c1-14-8-16(10-20-9-14)11-21-6-7-22(18(23)13-21)12-15-2-4-17(19)5-3-15/h2-5,8-10H,6-7,11-13H2,1H3. The fourth-order valence-electron chi connectivity index (χ4n) is 2.83. The summed E-state index contributed by atoms with van der Waals surface area (Å²) in [5.41, 5.74) is 3.42. The molecule has 1 aliphatic rings. The lowest BCUT2D eigenvalue weighted by molar-refractivity contribution is -0.136. The van der Waals surface area contributed by atoms with E-state index >= 15 is 0 Å². The van der Waals surface area contributed by atoms with Gasteiger partial charge in [-0.15, -0.1) is 0 Å². The summed E-state index contributed by atoms with van der Waals surface area (Å²) in [4.78, 5) is 20.7. The number of nitrogens with zero attached hydrogens (tertiary/aromatic N) is 3. The van der Waals surface area contributed by atoms with Gasteiger partial charge in [-0.05, 0) is 35.7 Å². The normalized spacial score (nSPS) is 15.9. The third kappa shape index (κ3) is 4.30. The topological polar surface area (TPSA) is 36.4 Å². The van der Waals surface area contributed by atoms with Gasteiger partial charge in [0, 0.05) is 43.6 Å². The first-order valence-corrected chi connectivity index (χ1v) is 8.13. The Kier molecular flexibility index (Phi) is 4.94. The van der Waals surface area contributed by atoms with Gasteiger partial charge in [0.15, 0.2) is 0 Å². The minimum atomic E-state index is 0.173. The van der Waals surface area contributed by atoms with Crippen LogP contribution in [0.1, 0.15) is 16.7 Å². The van der Waals surface area contributed by atoms with E-state index in [0.717, 1.165) is 41.3 Å². The van der Waals surface area contributed by atoms with Gasteiger partial charge < -0.3 is 4.90 Å². The average Bonchev–Trinajstić information content (AvgIpc) is 2.52. The maximum absolute atomic E-state index is 12.4. The number of aromatic nitrogens is 1. The summed E-state index contributed by atoms with van der Waals surface area (Å²) in [7, 11) is 0. The van der Waals surface area contributed by atoms with Crippen molar-refractivity contribution in [2.45, 2.75) is 20.0 Å². The largest absolute Gasteiger partial charge is 0.336 e. The van der Waals surface area contributed by atoms with Crippen molar-refractivity contribution in [2.75, 3.05) is 19.6 Å². The molecule has 4 nitrogen and oxygen atoms in total. The second-order valence-corrected chi connectivity index (χ2v) is 6.46. The van der Waals surface area contributed by atoms with Crippen LogP contribution in [0, 0.1) is 6.92 Å². The SMILES string of the molecule is Cc1cncc(CN2CCN(Cc3ccc(Cl)cc3)C(=O)C2)c1. The van der Waals surface area contributed by atoms with Crippen molar-refractivity contribution in [1.29, 1.82) is 0 Å². The van der Waals surface area contributed by atoms with Gasteiger partial charge in [-0.2, -0.15) is 0 Å². The van der Waals surface area contributed by atoms with Gasteiger partial charge in [0.1, 0.15) is 0 Å². The number of piperazine rings is 1. The predicted molar refractivity (Wildman–Crippen MR) is 91.1 cm³/mol. The van der Waals surface area contributed by atoms with Crippen molar-refractivity contribution in [1.82, 2.24) is 14.8 Å². The molecule has 0 N–H and O–H groups in total. The zero-order chi connectivity index (χ0) is 16.2. The number of hydrogen-bond donors (Lipinski definition) is 0. The molecule has 0 atom stereocenters. The number of hydrogen-bond acceptors (Lipinski definition) is 3. The molecule has 5 heteroatoms. The molecule has 0 bridgehead atoms. The second-order valence-electron chi connectivity index (χ2n) is 6.02. The minimum Gasteiger partial charge on any atom is -0.336 e. The first-order chi connectivity index (χ1) is 11.1. The van der Waals surface area contributed by atoms with Gasteiger partial charge in [0.2, 0.25) is 5.91 Å². The predicted octanol–water partition coefficient (Wildman–Crippen LogP) is 2.89. The molecule has 1 amide bonds. The lowest BCUT2D eigenvalue weighted by Crippen LogP contribution is -2.49. The molecule has 0 unspecified atom stereocenters. The van der Waals surface area contributed by atoms with Gasteiger partial charge in [-0.3, -0.25) is 14.7 Å². The van der Waals surface area contributed by atoms with E-state index in [0.29, 0.717) is 13.1 Å². The number of aryl methyl sites for hydroxylation is 1. The van der Waals surface area contributed by atoms with E-state index in [9.17, 15) is 4.79 Å². The third-order valence-corrected chi connectivity index (χ3v) is 4.27. The molecule has 0 saturated carbocycles. The summed E-state index contributed by atoms with van der Waals surface area (Å²) >= 11 is 5.90. The average molecular weight is 330 g/mol. The summed E-state index contributed by atoms with van der Waals surface area (Å²) in [5.74, 6) is 0.173. The van der Waals surface area contributed by atoms with E-state index in [1.165, 1.54) is 0 Å². The quantitative estimate of drug-likeness (QED) is 0.865. The summed E-state index contributed by atoms with van der Waals surface area (Å²) in [6, 6.07) is 9.79. The first-order valence-electron chi connectivity index (χ1n) is 7.75. The molecule has 0 spiro atoms. The Hall–Kier alpha value is -1.91. The summed E-state index contributed by atoms with van der Waals surface area (Å²) in [6.07, 6.45) is 3.72. The van der Waals surface area contributed by atoms with Gasteiger partial charge in [-0.1, -0.05) is 29.8 Å². The van der Waals surface area contributed by atoms with E-state index in [1.54, 1.807) is 0 Å². The molecule has 2 aromatic rings. The smallest absolute Gasteiger partial charge is 0.237 e. The Labute approximate surface area is 141 Å². The monoisotopic (exact) mass is 329 g/mol. The molecule has 2 heterocycles. The van der Waals surface area contributed by atoms with Crippen LogP contribution in [0.5, 0.6) is 0 Å². The number of amides is 1. The third-order valence-electron chi connectivity index (χ3n) is 4.02. The molecule has 0 aliphatic carbocycles. The summed E-state index contributed by atoms with van der Waals surface area (Å²) < 4.78 is 0. The maximum atomic E-state index is 12.4. The zero-order valence-corrected chi connectivity index (χ0v) is 14.0.